The number of hydrogen-bond donors (Lipinski definition) is 1. The number of hydrogen-bond acceptors (Lipinski definition) is 7. The molecular formula is C24H36N2O7. The van der Waals surface area contributed by atoms with Gasteiger partial charge in [-0.15, -0.1) is 0 Å². The lowest BCUT2D eigenvalue weighted by Gasteiger charge is -2.22. The molecule has 1 rings (SSSR count). The Bertz CT molecular complexity index is 775. The summed E-state index contributed by atoms with van der Waals surface area (Å²) in [6.45, 7) is 7.65. The van der Waals surface area contributed by atoms with Gasteiger partial charge in [0.15, 0.2) is 0 Å². The van der Waals surface area contributed by atoms with Gasteiger partial charge in [0, 0.05) is 26.1 Å². The van der Waals surface area contributed by atoms with Gasteiger partial charge in [0.1, 0.15) is 12.2 Å². The van der Waals surface area contributed by atoms with Crippen LogP contribution in [0.4, 0.5) is 4.79 Å². The summed E-state index contributed by atoms with van der Waals surface area (Å²) in [5, 5.41) is 2.73. The van der Waals surface area contributed by atoms with Gasteiger partial charge in [0.2, 0.25) is 5.91 Å². The van der Waals surface area contributed by atoms with Gasteiger partial charge in [-0.3, -0.25) is 14.4 Å². The van der Waals surface area contributed by atoms with Gasteiger partial charge in [0.25, 0.3) is 0 Å². The first kappa shape index (κ1) is 27.9. The molecule has 0 spiro atoms. The van der Waals surface area contributed by atoms with E-state index in [1.807, 2.05) is 30.3 Å². The van der Waals surface area contributed by atoms with E-state index in [0.29, 0.717) is 6.42 Å². The number of carbonyl (C=O) groups excluding carboxylic acids is 4. The number of benzene rings is 1. The van der Waals surface area contributed by atoms with Crippen molar-refractivity contribution in [1.82, 2.24) is 10.2 Å². The number of nitrogens with one attached hydrogen (secondary N) is 1. The van der Waals surface area contributed by atoms with Gasteiger partial charge in [0.05, 0.1) is 19.4 Å². The third kappa shape index (κ3) is 12.5. The molecule has 9 heteroatoms. The predicted molar refractivity (Wildman–Crippen MR) is 122 cm³/mol. The normalized spacial score (nSPS) is 11.8. The Morgan fingerprint density at radius 3 is 2.30 bits per heavy atom. The first-order valence-corrected chi connectivity index (χ1v) is 11.0. The van der Waals surface area contributed by atoms with Crippen molar-refractivity contribution in [1.29, 1.82) is 0 Å². The van der Waals surface area contributed by atoms with E-state index in [0.717, 1.165) is 5.56 Å². The maximum Gasteiger partial charge on any atom is 0.410 e. The SMILES string of the molecule is COC(=O)CCN(CCNC(=O)CC[C@H](C)C(=O)OC(C)(C)C)C(=O)OCc1ccccc1. The number of rotatable bonds is 12. The van der Waals surface area contributed by atoms with E-state index in [9.17, 15) is 19.2 Å². The van der Waals surface area contributed by atoms with Crippen molar-refractivity contribution in [3.05, 3.63) is 35.9 Å². The maximum atomic E-state index is 12.5. The summed E-state index contributed by atoms with van der Waals surface area (Å²) < 4.78 is 15.3. The highest BCUT2D eigenvalue weighted by Gasteiger charge is 2.22. The second-order valence-electron chi connectivity index (χ2n) is 8.68. The van der Waals surface area contributed by atoms with Gasteiger partial charge in [-0.1, -0.05) is 37.3 Å². The zero-order chi connectivity index (χ0) is 24.9. The molecule has 0 saturated carbocycles. The number of methoxy groups -OCH3 is 1. The summed E-state index contributed by atoms with van der Waals surface area (Å²) in [7, 11) is 1.28. The van der Waals surface area contributed by atoms with Crippen LogP contribution in [0.25, 0.3) is 0 Å². The zero-order valence-electron chi connectivity index (χ0n) is 20.2. The number of amides is 2. The second-order valence-corrected chi connectivity index (χ2v) is 8.68. The van der Waals surface area contributed by atoms with Crippen LogP contribution in [0.2, 0.25) is 0 Å². The van der Waals surface area contributed by atoms with Crippen LogP contribution in [0.15, 0.2) is 30.3 Å². The molecule has 0 aromatic heterocycles. The summed E-state index contributed by atoms with van der Waals surface area (Å²) in [4.78, 5) is 49.5. The van der Waals surface area contributed by atoms with Crippen LogP contribution in [0.3, 0.4) is 0 Å². The molecule has 0 unspecified atom stereocenters. The molecule has 1 aromatic rings. The van der Waals surface area contributed by atoms with Crippen LogP contribution in [0, 0.1) is 5.92 Å². The third-order valence-electron chi connectivity index (χ3n) is 4.59. The molecule has 0 aliphatic heterocycles. The topological polar surface area (TPSA) is 111 Å². The monoisotopic (exact) mass is 464 g/mol. The smallest absolute Gasteiger partial charge is 0.410 e. The van der Waals surface area contributed by atoms with Gasteiger partial charge in [-0.05, 0) is 32.8 Å². The minimum atomic E-state index is -0.587. The van der Waals surface area contributed by atoms with E-state index in [2.05, 4.69) is 10.1 Å². The highest BCUT2D eigenvalue weighted by atomic mass is 16.6. The Morgan fingerprint density at radius 1 is 1.03 bits per heavy atom. The first-order valence-electron chi connectivity index (χ1n) is 11.0. The molecule has 1 aromatic carbocycles. The Morgan fingerprint density at radius 2 is 1.70 bits per heavy atom. The molecule has 0 bridgehead atoms. The molecule has 0 aliphatic carbocycles. The zero-order valence-corrected chi connectivity index (χ0v) is 20.2. The van der Waals surface area contributed by atoms with Crippen LogP contribution in [-0.2, 0) is 35.2 Å². The third-order valence-corrected chi connectivity index (χ3v) is 4.59. The molecule has 0 saturated heterocycles. The number of nitrogens with zero attached hydrogens (tertiary/aromatic N) is 1. The van der Waals surface area contributed by atoms with Gasteiger partial charge >= 0.3 is 18.0 Å². The molecule has 2 amide bonds. The quantitative estimate of drug-likeness (QED) is 0.374. The van der Waals surface area contributed by atoms with Crippen molar-refractivity contribution in [3.8, 4) is 0 Å². The molecular weight excluding hydrogens is 428 g/mol. The fourth-order valence-electron chi connectivity index (χ4n) is 2.72. The fraction of sp³-hybridized carbons (Fsp3) is 0.583. The van der Waals surface area contributed by atoms with Crippen LogP contribution in [-0.4, -0.2) is 61.2 Å². The first-order chi connectivity index (χ1) is 15.5. The summed E-state index contributed by atoms with van der Waals surface area (Å²) in [6, 6.07) is 9.23. The van der Waals surface area contributed by atoms with Crippen LogP contribution >= 0.6 is 0 Å². The molecule has 9 nitrogen and oxygen atoms in total. The Kier molecular flexibility index (Phi) is 12.0. The standard InChI is InChI=1S/C24H36N2O7/c1-18(22(29)33-24(2,3)4)11-12-20(27)25-14-16-26(15-13-21(28)31-5)23(30)32-17-19-9-7-6-8-10-19/h6-10,18H,11-17H2,1-5H3,(H,25,27)/t18-/m0/s1. The largest absolute Gasteiger partial charge is 0.469 e. The fourth-order valence-corrected chi connectivity index (χ4v) is 2.72. The van der Waals surface area contributed by atoms with E-state index in [1.54, 1.807) is 27.7 Å². The van der Waals surface area contributed by atoms with Crippen LogP contribution in [0.1, 0.15) is 52.5 Å². The lowest BCUT2D eigenvalue weighted by Crippen LogP contribution is -2.40. The molecule has 0 aliphatic rings. The molecule has 1 N–H and O–H groups in total. The van der Waals surface area contributed by atoms with E-state index in [1.165, 1.54) is 12.0 Å². The van der Waals surface area contributed by atoms with E-state index in [4.69, 9.17) is 9.47 Å². The highest BCUT2D eigenvalue weighted by molar-refractivity contribution is 5.78. The van der Waals surface area contributed by atoms with Crippen molar-refractivity contribution in [2.24, 2.45) is 5.92 Å². The predicted octanol–water partition coefficient (Wildman–Crippen LogP) is 3.06. The Hall–Kier alpha value is -3.10. The van der Waals surface area contributed by atoms with Gasteiger partial charge in [-0.25, -0.2) is 4.79 Å². The van der Waals surface area contributed by atoms with E-state index in [-0.39, 0.29) is 51.0 Å². The molecule has 0 heterocycles. The van der Waals surface area contributed by atoms with Crippen molar-refractivity contribution in [2.45, 2.75) is 59.2 Å². The minimum Gasteiger partial charge on any atom is -0.469 e. The lowest BCUT2D eigenvalue weighted by molar-refractivity contribution is -0.159. The average Bonchev–Trinajstić information content (AvgIpc) is 2.77. The van der Waals surface area contributed by atoms with Crippen molar-refractivity contribution >= 4 is 23.9 Å². The molecule has 0 radical (unpaired) electrons. The molecule has 0 fully saturated rings. The highest BCUT2D eigenvalue weighted by Crippen LogP contribution is 2.14. The Labute approximate surface area is 195 Å². The van der Waals surface area contributed by atoms with Crippen LogP contribution in [0.5, 0.6) is 0 Å². The summed E-state index contributed by atoms with van der Waals surface area (Å²) in [5.74, 6) is -1.43. The average molecular weight is 465 g/mol. The molecule has 184 valence electrons. The van der Waals surface area contributed by atoms with Gasteiger partial charge < -0.3 is 24.4 Å². The second kappa shape index (κ2) is 14.1. The Balaban J connectivity index is 2.48. The molecule has 1 atom stereocenters. The minimum absolute atomic E-state index is 0.0122. The number of ether oxygens (including phenoxy) is 3. The maximum absolute atomic E-state index is 12.5. The lowest BCUT2D eigenvalue weighted by atomic mass is 10.0. The van der Waals surface area contributed by atoms with E-state index >= 15 is 0 Å². The van der Waals surface area contributed by atoms with Crippen LogP contribution < -0.4 is 5.32 Å². The number of esters is 2. The van der Waals surface area contributed by atoms with Gasteiger partial charge in [-0.2, -0.15) is 0 Å². The molecule has 33 heavy (non-hydrogen) atoms. The number of carbonyl (C=O) groups is 4. The van der Waals surface area contributed by atoms with Crippen molar-refractivity contribution in [2.75, 3.05) is 26.7 Å². The van der Waals surface area contributed by atoms with Crippen molar-refractivity contribution < 1.29 is 33.4 Å². The van der Waals surface area contributed by atoms with E-state index < -0.39 is 23.6 Å². The summed E-state index contributed by atoms with van der Waals surface area (Å²) in [5.41, 5.74) is 0.266. The summed E-state index contributed by atoms with van der Waals surface area (Å²) in [6.07, 6.45) is -0.0684. The summed E-state index contributed by atoms with van der Waals surface area (Å²) >= 11 is 0. The van der Waals surface area contributed by atoms with Crippen molar-refractivity contribution in [3.63, 3.8) is 0 Å².